The van der Waals surface area contributed by atoms with Gasteiger partial charge in [-0.2, -0.15) is 0 Å². The minimum atomic E-state index is -1.06. The number of ether oxygens (including phenoxy) is 1. The molecule has 18 heavy (non-hydrogen) atoms. The van der Waals surface area contributed by atoms with E-state index in [0.717, 1.165) is 17.3 Å². The summed E-state index contributed by atoms with van der Waals surface area (Å²) >= 11 is 6.77. The van der Waals surface area contributed by atoms with Crippen molar-refractivity contribution < 1.29 is 9.84 Å². The van der Waals surface area contributed by atoms with E-state index in [1.165, 1.54) is 0 Å². The van der Waals surface area contributed by atoms with Crippen LogP contribution in [0.3, 0.4) is 0 Å². The van der Waals surface area contributed by atoms with Crippen molar-refractivity contribution in [2.24, 2.45) is 0 Å². The third kappa shape index (κ3) is 4.77. The van der Waals surface area contributed by atoms with Gasteiger partial charge in [-0.1, -0.05) is 19.6 Å². The Balaban J connectivity index is 2.61. The molecule has 0 saturated heterocycles. The van der Waals surface area contributed by atoms with Gasteiger partial charge in [-0.3, -0.25) is 4.57 Å². The minimum Gasteiger partial charge on any atom is -0.385 e. The highest BCUT2D eigenvalue weighted by Crippen LogP contribution is 2.27. The van der Waals surface area contributed by atoms with Crippen molar-refractivity contribution in [2.45, 2.75) is 45.4 Å². The van der Waals surface area contributed by atoms with Gasteiger partial charge in [-0.25, -0.2) is 4.98 Å². The predicted octanol–water partition coefficient (Wildman–Crippen LogP) is 3.77. The first-order valence-corrected chi connectivity index (χ1v) is 11.2. The molecule has 0 aliphatic heterocycles. The first-order valence-electron chi connectivity index (χ1n) is 5.89. The SMILES string of the molecule is CC(O)c1nc(Br)c(Br)n1COCC[Si](C)(C)C. The maximum Gasteiger partial charge on any atom is 0.141 e. The zero-order chi connectivity index (χ0) is 13.9. The first kappa shape index (κ1) is 16.4. The normalized spacial score (nSPS) is 13.9. The molecule has 1 rings (SSSR count). The smallest absolute Gasteiger partial charge is 0.141 e. The summed E-state index contributed by atoms with van der Waals surface area (Å²) in [6, 6.07) is 1.13. The molecular weight excluding hydrogens is 380 g/mol. The zero-order valence-electron chi connectivity index (χ0n) is 11.2. The molecule has 0 bridgehead atoms. The molecule has 1 aromatic heterocycles. The Bertz CT molecular complexity index is 402. The zero-order valence-corrected chi connectivity index (χ0v) is 15.4. The lowest BCUT2D eigenvalue weighted by atomic mass is 10.4. The van der Waals surface area contributed by atoms with Gasteiger partial charge >= 0.3 is 0 Å². The molecule has 104 valence electrons. The highest BCUT2D eigenvalue weighted by Gasteiger charge is 2.17. The standard InChI is InChI=1S/C11H20Br2N2O2Si/c1-8(16)11-14-9(12)10(13)15(11)7-17-5-6-18(2,3)4/h8,16H,5-7H2,1-4H3. The van der Waals surface area contributed by atoms with Gasteiger partial charge < -0.3 is 9.84 Å². The van der Waals surface area contributed by atoms with Crippen LogP contribution < -0.4 is 0 Å². The molecule has 0 aliphatic carbocycles. The van der Waals surface area contributed by atoms with Gasteiger partial charge in [-0.05, 0) is 44.8 Å². The van der Waals surface area contributed by atoms with E-state index in [-0.39, 0.29) is 0 Å². The molecule has 1 unspecified atom stereocenters. The summed E-state index contributed by atoms with van der Waals surface area (Å²) in [4.78, 5) is 4.25. The summed E-state index contributed by atoms with van der Waals surface area (Å²) in [6.07, 6.45) is -0.617. The van der Waals surface area contributed by atoms with Crippen LogP contribution in [-0.4, -0.2) is 29.3 Å². The molecule has 0 fully saturated rings. The van der Waals surface area contributed by atoms with Gasteiger partial charge in [-0.15, -0.1) is 0 Å². The van der Waals surface area contributed by atoms with Crippen LogP contribution in [0.5, 0.6) is 0 Å². The van der Waals surface area contributed by atoms with Crippen LogP contribution in [0, 0.1) is 0 Å². The molecule has 1 N–H and O–H groups in total. The van der Waals surface area contributed by atoms with Crippen LogP contribution in [0.2, 0.25) is 25.7 Å². The topological polar surface area (TPSA) is 47.3 Å². The van der Waals surface area contributed by atoms with Crippen LogP contribution in [-0.2, 0) is 11.5 Å². The summed E-state index contributed by atoms with van der Waals surface area (Å²) in [5, 5.41) is 9.65. The number of aliphatic hydroxyl groups is 1. The van der Waals surface area contributed by atoms with Gasteiger partial charge in [0.15, 0.2) is 0 Å². The minimum absolute atomic E-state index is 0.407. The second kappa shape index (κ2) is 6.65. The molecule has 1 atom stereocenters. The molecule has 0 aromatic carbocycles. The fourth-order valence-corrected chi connectivity index (χ4v) is 2.92. The third-order valence-electron chi connectivity index (χ3n) is 2.49. The summed E-state index contributed by atoms with van der Waals surface area (Å²) in [5.41, 5.74) is 0. The lowest BCUT2D eigenvalue weighted by Crippen LogP contribution is -2.22. The van der Waals surface area contributed by atoms with Crippen molar-refractivity contribution in [3.63, 3.8) is 0 Å². The second-order valence-electron chi connectivity index (χ2n) is 5.50. The van der Waals surface area contributed by atoms with Gasteiger partial charge in [0.2, 0.25) is 0 Å². The monoisotopic (exact) mass is 398 g/mol. The van der Waals surface area contributed by atoms with Crippen molar-refractivity contribution in [3.8, 4) is 0 Å². The molecule has 1 heterocycles. The van der Waals surface area contributed by atoms with Crippen molar-refractivity contribution in [1.82, 2.24) is 9.55 Å². The van der Waals surface area contributed by atoms with Crippen molar-refractivity contribution >= 4 is 39.9 Å². The molecule has 4 nitrogen and oxygen atoms in total. The fraction of sp³-hybridized carbons (Fsp3) is 0.727. The Morgan fingerprint density at radius 2 is 2.00 bits per heavy atom. The van der Waals surface area contributed by atoms with Gasteiger partial charge in [0.1, 0.15) is 27.9 Å². The van der Waals surface area contributed by atoms with Crippen LogP contribution in [0.4, 0.5) is 0 Å². The van der Waals surface area contributed by atoms with E-state index in [4.69, 9.17) is 4.74 Å². The second-order valence-corrected chi connectivity index (χ2v) is 12.6. The molecule has 1 aromatic rings. The predicted molar refractivity (Wildman–Crippen MR) is 82.4 cm³/mol. The molecule has 0 amide bonds. The number of aromatic nitrogens is 2. The van der Waals surface area contributed by atoms with Crippen LogP contribution in [0.1, 0.15) is 18.9 Å². The highest BCUT2D eigenvalue weighted by molar-refractivity contribution is 9.13. The van der Waals surface area contributed by atoms with Crippen molar-refractivity contribution in [2.75, 3.05) is 6.61 Å². The fourth-order valence-electron chi connectivity index (χ4n) is 1.39. The first-order chi connectivity index (χ1) is 8.22. The lowest BCUT2D eigenvalue weighted by Gasteiger charge is -2.16. The summed E-state index contributed by atoms with van der Waals surface area (Å²) < 4.78 is 8.99. The summed E-state index contributed by atoms with van der Waals surface area (Å²) in [6.45, 7) is 9.81. The Morgan fingerprint density at radius 3 is 2.50 bits per heavy atom. The number of hydrogen-bond acceptors (Lipinski definition) is 3. The summed E-state index contributed by atoms with van der Waals surface area (Å²) in [7, 11) is -1.06. The third-order valence-corrected chi connectivity index (χ3v) is 6.08. The van der Waals surface area contributed by atoms with Crippen LogP contribution >= 0.6 is 31.9 Å². The number of imidazole rings is 1. The molecule has 0 saturated carbocycles. The van der Waals surface area contributed by atoms with Gasteiger partial charge in [0, 0.05) is 14.7 Å². The average Bonchev–Trinajstić information content (AvgIpc) is 2.50. The maximum absolute atomic E-state index is 9.65. The Morgan fingerprint density at radius 1 is 1.39 bits per heavy atom. The molecule has 0 radical (unpaired) electrons. The highest BCUT2D eigenvalue weighted by atomic mass is 79.9. The molecule has 7 heteroatoms. The molecular formula is C11H20Br2N2O2Si. The number of hydrogen-bond donors (Lipinski definition) is 1. The van der Waals surface area contributed by atoms with E-state index in [2.05, 4.69) is 56.5 Å². The number of nitrogens with zero attached hydrogens (tertiary/aromatic N) is 2. The largest absolute Gasteiger partial charge is 0.385 e. The number of halogens is 2. The Kier molecular flexibility index (Phi) is 6.04. The van der Waals surface area contributed by atoms with E-state index >= 15 is 0 Å². The van der Waals surface area contributed by atoms with E-state index < -0.39 is 14.2 Å². The van der Waals surface area contributed by atoms with Gasteiger partial charge in [0.05, 0.1) is 0 Å². The van der Waals surface area contributed by atoms with Crippen molar-refractivity contribution in [1.29, 1.82) is 0 Å². The molecule has 0 aliphatic rings. The average molecular weight is 400 g/mol. The van der Waals surface area contributed by atoms with E-state index in [1.807, 2.05) is 4.57 Å². The van der Waals surface area contributed by atoms with E-state index in [1.54, 1.807) is 6.92 Å². The van der Waals surface area contributed by atoms with Crippen molar-refractivity contribution in [3.05, 3.63) is 15.0 Å². The Hall–Kier alpha value is 0.307. The van der Waals surface area contributed by atoms with Crippen LogP contribution in [0.15, 0.2) is 9.21 Å². The lowest BCUT2D eigenvalue weighted by molar-refractivity contribution is 0.0754. The van der Waals surface area contributed by atoms with E-state index in [0.29, 0.717) is 17.2 Å². The molecule has 0 spiro atoms. The number of rotatable bonds is 6. The van der Waals surface area contributed by atoms with Gasteiger partial charge in [0.25, 0.3) is 0 Å². The Labute approximate surface area is 126 Å². The summed E-state index contributed by atoms with van der Waals surface area (Å²) in [5.74, 6) is 0.599. The van der Waals surface area contributed by atoms with E-state index in [9.17, 15) is 5.11 Å². The maximum atomic E-state index is 9.65. The quantitative estimate of drug-likeness (QED) is 0.584. The number of aliphatic hydroxyl groups excluding tert-OH is 1. The van der Waals surface area contributed by atoms with Crippen LogP contribution in [0.25, 0.3) is 0 Å².